The van der Waals surface area contributed by atoms with Crippen LogP contribution in [-0.2, 0) is 20.1 Å². The standard InChI is InChI=1S/C23H25BrCl2N2O4/c1-16(29)27-8-10-28(11-9-27)18-3-5-19(6-4-18)30-13-20-14-31-23(15-24,32-20)21-7-2-17(25)12-22(21)26/h2-7,12,20H,8-11,13-15H2,1H3/t20-,23-/m1/s1. The van der Waals surface area contributed by atoms with Crippen LogP contribution in [0.2, 0.25) is 10.0 Å². The Labute approximate surface area is 206 Å². The zero-order chi connectivity index (χ0) is 22.7. The molecule has 0 saturated carbocycles. The van der Waals surface area contributed by atoms with Gasteiger partial charge in [0.25, 0.3) is 0 Å². The summed E-state index contributed by atoms with van der Waals surface area (Å²) in [5.74, 6) is -0.0731. The van der Waals surface area contributed by atoms with Crippen molar-refractivity contribution in [2.75, 3.05) is 49.6 Å². The quantitative estimate of drug-likeness (QED) is 0.494. The van der Waals surface area contributed by atoms with Gasteiger partial charge in [0.15, 0.2) is 0 Å². The zero-order valence-corrected chi connectivity index (χ0v) is 20.8. The Balaban J connectivity index is 1.32. The number of amides is 1. The molecule has 4 rings (SSSR count). The van der Waals surface area contributed by atoms with Gasteiger partial charge >= 0.3 is 0 Å². The number of carbonyl (C=O) groups is 1. The van der Waals surface area contributed by atoms with Crippen LogP contribution >= 0.6 is 39.1 Å². The second-order valence-corrected chi connectivity index (χ2v) is 9.26. The van der Waals surface area contributed by atoms with Crippen molar-refractivity contribution in [3.63, 3.8) is 0 Å². The molecule has 2 saturated heterocycles. The fraction of sp³-hybridized carbons (Fsp3) is 0.435. The highest BCUT2D eigenvalue weighted by molar-refractivity contribution is 9.09. The zero-order valence-electron chi connectivity index (χ0n) is 17.7. The minimum atomic E-state index is -0.971. The molecule has 2 fully saturated rings. The lowest BCUT2D eigenvalue weighted by Crippen LogP contribution is -2.48. The molecular weight excluding hydrogens is 519 g/mol. The van der Waals surface area contributed by atoms with Gasteiger partial charge in [-0.05, 0) is 36.4 Å². The molecule has 0 aliphatic carbocycles. The molecule has 0 N–H and O–H groups in total. The van der Waals surface area contributed by atoms with Gasteiger partial charge in [0.1, 0.15) is 18.5 Å². The summed E-state index contributed by atoms with van der Waals surface area (Å²) in [7, 11) is 0. The average Bonchev–Trinajstić information content (AvgIpc) is 3.22. The van der Waals surface area contributed by atoms with Gasteiger partial charge in [-0.1, -0.05) is 45.2 Å². The van der Waals surface area contributed by atoms with E-state index in [1.807, 2.05) is 35.2 Å². The molecule has 172 valence electrons. The molecule has 0 spiro atoms. The third-order valence-corrected chi connectivity index (χ3v) is 7.03. The number of carbonyl (C=O) groups excluding carboxylic acids is 1. The summed E-state index contributed by atoms with van der Waals surface area (Å²) in [5.41, 5.74) is 1.86. The molecule has 32 heavy (non-hydrogen) atoms. The summed E-state index contributed by atoms with van der Waals surface area (Å²) in [4.78, 5) is 15.6. The van der Waals surface area contributed by atoms with E-state index >= 15 is 0 Å². The number of piperazine rings is 1. The van der Waals surface area contributed by atoms with Gasteiger partial charge in [-0.2, -0.15) is 0 Å². The smallest absolute Gasteiger partial charge is 0.219 e. The molecule has 2 atom stereocenters. The molecule has 2 aliphatic rings. The number of rotatable bonds is 6. The largest absolute Gasteiger partial charge is 0.491 e. The van der Waals surface area contributed by atoms with Gasteiger partial charge in [0.2, 0.25) is 11.7 Å². The Morgan fingerprint density at radius 1 is 1.16 bits per heavy atom. The third kappa shape index (κ3) is 5.18. The highest BCUT2D eigenvalue weighted by Gasteiger charge is 2.44. The summed E-state index contributed by atoms with van der Waals surface area (Å²) in [6.07, 6.45) is -0.237. The van der Waals surface area contributed by atoms with Gasteiger partial charge in [0, 0.05) is 49.4 Å². The van der Waals surface area contributed by atoms with E-state index < -0.39 is 5.79 Å². The molecule has 0 aromatic heterocycles. The van der Waals surface area contributed by atoms with Crippen molar-refractivity contribution < 1.29 is 19.0 Å². The van der Waals surface area contributed by atoms with E-state index in [4.69, 9.17) is 37.4 Å². The number of ether oxygens (including phenoxy) is 3. The highest BCUT2D eigenvalue weighted by Crippen LogP contribution is 2.40. The van der Waals surface area contributed by atoms with Gasteiger partial charge in [-0.15, -0.1) is 0 Å². The van der Waals surface area contributed by atoms with Crippen molar-refractivity contribution in [1.82, 2.24) is 4.90 Å². The molecule has 0 unspecified atom stereocenters. The summed E-state index contributed by atoms with van der Waals surface area (Å²) in [6.45, 7) is 5.52. The lowest BCUT2D eigenvalue weighted by atomic mass is 10.1. The average molecular weight is 544 g/mol. The Morgan fingerprint density at radius 2 is 1.88 bits per heavy atom. The first-order chi connectivity index (χ1) is 15.4. The van der Waals surface area contributed by atoms with Crippen LogP contribution < -0.4 is 9.64 Å². The van der Waals surface area contributed by atoms with E-state index in [1.54, 1.807) is 19.1 Å². The lowest BCUT2D eigenvalue weighted by Gasteiger charge is -2.35. The van der Waals surface area contributed by atoms with Crippen LogP contribution in [0.15, 0.2) is 42.5 Å². The van der Waals surface area contributed by atoms with Crippen LogP contribution in [-0.4, -0.2) is 61.6 Å². The van der Waals surface area contributed by atoms with E-state index in [0.29, 0.717) is 28.6 Å². The summed E-state index contributed by atoms with van der Waals surface area (Å²) >= 11 is 15.9. The molecule has 2 aliphatic heterocycles. The fourth-order valence-corrected chi connectivity index (χ4v) is 5.10. The SMILES string of the molecule is CC(=O)N1CCN(c2ccc(OC[C@@H]3CO[C@@](CBr)(c4ccc(Cl)cc4Cl)O3)cc2)CC1. The Morgan fingerprint density at radius 3 is 2.50 bits per heavy atom. The van der Waals surface area contributed by atoms with Crippen LogP contribution in [0, 0.1) is 0 Å². The monoisotopic (exact) mass is 542 g/mol. The van der Waals surface area contributed by atoms with E-state index in [9.17, 15) is 4.79 Å². The number of alkyl halides is 1. The second kappa shape index (κ2) is 10.2. The first kappa shape index (κ1) is 23.6. The van der Waals surface area contributed by atoms with Crippen molar-refractivity contribution in [2.45, 2.75) is 18.8 Å². The number of hydrogen-bond donors (Lipinski definition) is 0. The van der Waals surface area contributed by atoms with Gasteiger partial charge in [-0.25, -0.2) is 0 Å². The minimum absolute atomic E-state index is 0.133. The highest BCUT2D eigenvalue weighted by atomic mass is 79.9. The van der Waals surface area contributed by atoms with Crippen molar-refractivity contribution >= 4 is 50.7 Å². The van der Waals surface area contributed by atoms with Crippen LogP contribution in [0.5, 0.6) is 5.75 Å². The first-order valence-corrected chi connectivity index (χ1v) is 12.3. The maximum atomic E-state index is 11.5. The summed E-state index contributed by atoms with van der Waals surface area (Å²) in [5, 5.41) is 1.49. The fourth-order valence-electron chi connectivity index (χ4n) is 3.95. The summed E-state index contributed by atoms with van der Waals surface area (Å²) in [6, 6.07) is 13.3. The molecule has 6 nitrogen and oxygen atoms in total. The predicted molar refractivity (Wildman–Crippen MR) is 129 cm³/mol. The van der Waals surface area contributed by atoms with Crippen LogP contribution in [0.3, 0.4) is 0 Å². The number of benzene rings is 2. The number of anilines is 1. The van der Waals surface area contributed by atoms with Crippen molar-refractivity contribution in [3.05, 3.63) is 58.1 Å². The topological polar surface area (TPSA) is 51.2 Å². The lowest BCUT2D eigenvalue weighted by molar-refractivity contribution is -0.159. The molecule has 2 aromatic carbocycles. The van der Waals surface area contributed by atoms with Gasteiger partial charge in [-0.3, -0.25) is 4.79 Å². The van der Waals surface area contributed by atoms with E-state index in [-0.39, 0.29) is 12.0 Å². The maximum Gasteiger partial charge on any atom is 0.219 e. The molecule has 0 bridgehead atoms. The normalized spacial score (nSPS) is 23.4. The Hall–Kier alpha value is -1.51. The van der Waals surface area contributed by atoms with E-state index in [1.165, 1.54) is 0 Å². The molecule has 1 amide bonds. The summed E-state index contributed by atoms with van der Waals surface area (Å²) < 4.78 is 18.2. The Kier molecular flexibility index (Phi) is 7.52. The molecule has 2 aromatic rings. The second-order valence-electron chi connectivity index (χ2n) is 7.86. The molecule has 9 heteroatoms. The van der Waals surface area contributed by atoms with Gasteiger partial charge < -0.3 is 24.0 Å². The minimum Gasteiger partial charge on any atom is -0.491 e. The molecule has 0 radical (unpaired) electrons. The van der Waals surface area contributed by atoms with Crippen LogP contribution in [0.25, 0.3) is 0 Å². The first-order valence-electron chi connectivity index (χ1n) is 10.5. The van der Waals surface area contributed by atoms with Crippen LogP contribution in [0.1, 0.15) is 12.5 Å². The predicted octanol–water partition coefficient (Wildman–Crippen LogP) is 4.70. The maximum absolute atomic E-state index is 11.5. The molecular formula is C23H25BrCl2N2O4. The number of hydrogen-bond acceptors (Lipinski definition) is 5. The van der Waals surface area contributed by atoms with E-state index in [0.717, 1.165) is 43.2 Å². The molecule has 2 heterocycles. The third-order valence-electron chi connectivity index (χ3n) is 5.74. The number of nitrogens with zero attached hydrogens (tertiary/aromatic N) is 2. The number of halogens is 3. The van der Waals surface area contributed by atoms with Crippen LogP contribution in [0.4, 0.5) is 5.69 Å². The Bertz CT molecular complexity index is 954. The van der Waals surface area contributed by atoms with Crippen molar-refractivity contribution in [3.8, 4) is 5.75 Å². The van der Waals surface area contributed by atoms with Crippen molar-refractivity contribution in [2.24, 2.45) is 0 Å². The van der Waals surface area contributed by atoms with Gasteiger partial charge in [0.05, 0.1) is 17.0 Å². The van der Waals surface area contributed by atoms with Crippen molar-refractivity contribution in [1.29, 1.82) is 0 Å². The van der Waals surface area contributed by atoms with E-state index in [2.05, 4.69) is 20.8 Å².